The van der Waals surface area contributed by atoms with Crippen LogP contribution in [0.15, 0.2) is 78.9 Å². The summed E-state index contributed by atoms with van der Waals surface area (Å²) in [6, 6.07) is 21.2. The van der Waals surface area contributed by atoms with Gasteiger partial charge < -0.3 is 20.5 Å². The Morgan fingerprint density at radius 3 is 2.33 bits per heavy atom. The molecule has 4 aromatic carbocycles. The number of carbonyl (C=O) groups excluding carboxylic acids is 1. The van der Waals surface area contributed by atoms with Crippen LogP contribution in [-0.4, -0.2) is 37.2 Å². The predicted molar refractivity (Wildman–Crippen MR) is 143 cm³/mol. The number of rotatable bonds is 9. The van der Waals surface area contributed by atoms with Crippen LogP contribution in [0.2, 0.25) is 0 Å². The van der Waals surface area contributed by atoms with Crippen LogP contribution in [0.4, 0.5) is 13.2 Å². The Morgan fingerprint density at radius 2 is 1.62 bits per heavy atom. The Bertz CT molecular complexity index is 1510. The molecule has 0 aliphatic heterocycles. The van der Waals surface area contributed by atoms with Gasteiger partial charge in [-0.2, -0.15) is 13.2 Å². The highest BCUT2D eigenvalue weighted by Crippen LogP contribution is 2.35. The molecule has 4 rings (SSSR count). The van der Waals surface area contributed by atoms with Crippen molar-refractivity contribution in [3.63, 3.8) is 0 Å². The molecule has 4 aromatic rings. The first-order valence-corrected chi connectivity index (χ1v) is 12.2. The Hall–Kier alpha value is -4.37. The average Bonchev–Trinajstić information content (AvgIpc) is 2.93. The molecule has 3 N–H and O–H groups in total. The standard InChI is InChI=1S/C30H27F3N2O4/c1-18(26-9-5-7-19-6-3-4-8-27(19)26)35-10-11-39-25-16-21(12-22(17-25)28(36)34-2)20-13-23(29(37)38)15-24(14-20)30(31,32)33/h3-9,12-18,35H,10-11H2,1-2H3,(H,34,36)(H,37,38). The van der Waals surface area contributed by atoms with E-state index < -0.39 is 29.2 Å². The lowest BCUT2D eigenvalue weighted by atomic mass is 9.97. The zero-order valence-electron chi connectivity index (χ0n) is 21.3. The van der Waals surface area contributed by atoms with Crippen molar-refractivity contribution in [1.82, 2.24) is 10.6 Å². The van der Waals surface area contributed by atoms with E-state index in [4.69, 9.17) is 4.74 Å². The molecule has 0 spiro atoms. The summed E-state index contributed by atoms with van der Waals surface area (Å²) in [7, 11) is 1.43. The summed E-state index contributed by atoms with van der Waals surface area (Å²) in [5, 5.41) is 17.5. The second-order valence-corrected chi connectivity index (χ2v) is 9.02. The van der Waals surface area contributed by atoms with Crippen molar-refractivity contribution < 1.29 is 32.6 Å². The summed E-state index contributed by atoms with van der Waals surface area (Å²) in [5.41, 5.74) is -0.0967. The number of ether oxygens (including phenoxy) is 1. The molecular weight excluding hydrogens is 509 g/mol. The number of carboxylic acids is 1. The van der Waals surface area contributed by atoms with Crippen LogP contribution < -0.4 is 15.4 Å². The van der Waals surface area contributed by atoms with Crippen LogP contribution in [0.3, 0.4) is 0 Å². The molecule has 9 heteroatoms. The lowest BCUT2D eigenvalue weighted by Gasteiger charge is -2.17. The van der Waals surface area contributed by atoms with E-state index >= 15 is 0 Å². The lowest BCUT2D eigenvalue weighted by Crippen LogP contribution is -2.24. The van der Waals surface area contributed by atoms with Gasteiger partial charge in [-0.1, -0.05) is 42.5 Å². The molecular formula is C30H27F3N2O4. The van der Waals surface area contributed by atoms with Gasteiger partial charge in [-0.05, 0) is 70.8 Å². The fourth-order valence-electron chi connectivity index (χ4n) is 4.39. The minimum Gasteiger partial charge on any atom is -0.492 e. The van der Waals surface area contributed by atoms with Gasteiger partial charge in [-0.3, -0.25) is 4.79 Å². The number of carboxylic acid groups (broad SMARTS) is 1. The van der Waals surface area contributed by atoms with E-state index in [9.17, 15) is 27.9 Å². The number of alkyl halides is 3. The number of hydrogen-bond acceptors (Lipinski definition) is 4. The third kappa shape index (κ3) is 6.56. The van der Waals surface area contributed by atoms with Gasteiger partial charge in [-0.25, -0.2) is 4.79 Å². The van der Waals surface area contributed by atoms with Crippen LogP contribution in [0.5, 0.6) is 5.75 Å². The number of carbonyl (C=O) groups is 2. The Morgan fingerprint density at radius 1 is 0.923 bits per heavy atom. The summed E-state index contributed by atoms with van der Waals surface area (Å²) in [5.74, 6) is -1.69. The molecule has 0 aliphatic carbocycles. The Kier molecular flexibility index (Phi) is 8.21. The van der Waals surface area contributed by atoms with Crippen LogP contribution >= 0.6 is 0 Å². The van der Waals surface area contributed by atoms with Crippen molar-refractivity contribution in [2.75, 3.05) is 20.2 Å². The summed E-state index contributed by atoms with van der Waals surface area (Å²) in [6.07, 6.45) is -4.75. The Balaban J connectivity index is 1.55. The van der Waals surface area contributed by atoms with E-state index in [0.717, 1.165) is 28.5 Å². The first-order valence-electron chi connectivity index (χ1n) is 12.2. The zero-order valence-corrected chi connectivity index (χ0v) is 21.3. The number of amides is 1. The van der Waals surface area contributed by atoms with Crippen molar-refractivity contribution in [2.24, 2.45) is 0 Å². The Labute approximate surface area is 223 Å². The number of nitrogens with one attached hydrogen (secondary N) is 2. The smallest absolute Gasteiger partial charge is 0.416 e. The van der Waals surface area contributed by atoms with Crippen molar-refractivity contribution in [1.29, 1.82) is 0 Å². The second-order valence-electron chi connectivity index (χ2n) is 9.02. The number of benzene rings is 4. The van der Waals surface area contributed by atoms with Gasteiger partial charge in [0.05, 0.1) is 11.1 Å². The first-order chi connectivity index (χ1) is 18.6. The number of hydrogen-bond donors (Lipinski definition) is 3. The molecule has 202 valence electrons. The van der Waals surface area contributed by atoms with Crippen LogP contribution in [0, 0.1) is 0 Å². The molecule has 1 atom stereocenters. The van der Waals surface area contributed by atoms with E-state index in [1.165, 1.54) is 25.2 Å². The van der Waals surface area contributed by atoms with Crippen molar-refractivity contribution in [3.8, 4) is 16.9 Å². The monoisotopic (exact) mass is 536 g/mol. The molecule has 0 aromatic heterocycles. The highest BCUT2D eigenvalue weighted by molar-refractivity contribution is 5.96. The molecule has 0 aliphatic rings. The van der Waals surface area contributed by atoms with Gasteiger partial charge in [-0.15, -0.1) is 0 Å². The molecule has 0 radical (unpaired) electrons. The molecule has 0 fully saturated rings. The molecule has 0 saturated carbocycles. The first kappa shape index (κ1) is 27.7. The largest absolute Gasteiger partial charge is 0.492 e. The SMILES string of the molecule is CNC(=O)c1cc(OCCNC(C)c2cccc3ccccc23)cc(-c2cc(C(=O)O)cc(C(F)(F)F)c2)c1. The highest BCUT2D eigenvalue weighted by Gasteiger charge is 2.32. The van der Waals surface area contributed by atoms with Crippen molar-refractivity contribution >= 4 is 22.6 Å². The fraction of sp³-hybridized carbons (Fsp3) is 0.200. The number of aromatic carboxylic acids is 1. The van der Waals surface area contributed by atoms with Gasteiger partial charge in [0.25, 0.3) is 5.91 Å². The fourth-order valence-corrected chi connectivity index (χ4v) is 4.39. The van der Waals surface area contributed by atoms with Crippen LogP contribution in [-0.2, 0) is 6.18 Å². The molecule has 39 heavy (non-hydrogen) atoms. The van der Waals surface area contributed by atoms with E-state index in [-0.39, 0.29) is 35.1 Å². The maximum Gasteiger partial charge on any atom is 0.416 e. The summed E-state index contributed by atoms with van der Waals surface area (Å²) < 4.78 is 46.2. The third-order valence-corrected chi connectivity index (χ3v) is 6.35. The van der Waals surface area contributed by atoms with Gasteiger partial charge >= 0.3 is 12.1 Å². The van der Waals surface area contributed by atoms with E-state index in [1.807, 2.05) is 25.1 Å². The molecule has 0 saturated heterocycles. The maximum atomic E-state index is 13.5. The van der Waals surface area contributed by atoms with E-state index in [2.05, 4.69) is 34.9 Å². The minimum atomic E-state index is -4.75. The summed E-state index contributed by atoms with van der Waals surface area (Å²) >= 11 is 0. The van der Waals surface area contributed by atoms with Crippen LogP contribution in [0.25, 0.3) is 21.9 Å². The highest BCUT2D eigenvalue weighted by atomic mass is 19.4. The predicted octanol–water partition coefficient (Wildman–Crippen LogP) is 6.31. The van der Waals surface area contributed by atoms with Gasteiger partial charge in [0.2, 0.25) is 0 Å². The quantitative estimate of drug-likeness (QED) is 0.218. The van der Waals surface area contributed by atoms with Gasteiger partial charge in [0, 0.05) is 25.2 Å². The molecule has 6 nitrogen and oxygen atoms in total. The van der Waals surface area contributed by atoms with E-state index in [1.54, 1.807) is 0 Å². The molecule has 0 bridgehead atoms. The van der Waals surface area contributed by atoms with Gasteiger partial charge in [0.1, 0.15) is 12.4 Å². The molecule has 0 heterocycles. The zero-order chi connectivity index (χ0) is 28.2. The maximum absolute atomic E-state index is 13.5. The summed E-state index contributed by atoms with van der Waals surface area (Å²) in [4.78, 5) is 23.9. The topological polar surface area (TPSA) is 87.7 Å². The van der Waals surface area contributed by atoms with Crippen molar-refractivity contribution in [3.05, 3.63) is 101 Å². The average molecular weight is 537 g/mol. The third-order valence-electron chi connectivity index (χ3n) is 6.35. The number of fused-ring (bicyclic) bond motifs is 1. The molecule has 1 unspecified atom stereocenters. The normalized spacial score (nSPS) is 12.2. The lowest BCUT2D eigenvalue weighted by molar-refractivity contribution is -0.137. The summed E-state index contributed by atoms with van der Waals surface area (Å²) in [6.45, 7) is 2.71. The van der Waals surface area contributed by atoms with Gasteiger partial charge in [0.15, 0.2) is 0 Å². The number of halogens is 3. The minimum absolute atomic E-state index is 0.000492. The van der Waals surface area contributed by atoms with E-state index in [0.29, 0.717) is 12.6 Å². The van der Waals surface area contributed by atoms with Crippen LogP contribution in [0.1, 0.15) is 44.8 Å². The second kappa shape index (κ2) is 11.6. The molecule has 1 amide bonds. The van der Waals surface area contributed by atoms with Crippen molar-refractivity contribution in [2.45, 2.75) is 19.1 Å².